The number of methoxy groups -OCH3 is 1. The first-order valence-electron chi connectivity index (χ1n) is 6.59. The minimum Gasteiger partial charge on any atom is -0.496 e. The molecule has 1 atom stereocenters. The summed E-state index contributed by atoms with van der Waals surface area (Å²) < 4.78 is 18.8. The highest BCUT2D eigenvalue weighted by Crippen LogP contribution is 2.30. The highest BCUT2D eigenvalue weighted by atomic mass is 35.5. The number of hydrogen-bond donors (Lipinski definition) is 2. The average Bonchev–Trinajstić information content (AvgIpc) is 2.48. The number of nitrogens with two attached hydrogens (primary N) is 1. The lowest BCUT2D eigenvalue weighted by molar-refractivity contribution is 0.398. The van der Waals surface area contributed by atoms with E-state index in [2.05, 4.69) is 5.43 Å². The summed E-state index contributed by atoms with van der Waals surface area (Å²) in [7, 11) is 1.61. The molecule has 5 heteroatoms. The zero-order chi connectivity index (χ0) is 15.4. The van der Waals surface area contributed by atoms with Gasteiger partial charge in [-0.2, -0.15) is 0 Å². The van der Waals surface area contributed by atoms with Crippen LogP contribution in [0.1, 0.15) is 22.7 Å². The topological polar surface area (TPSA) is 47.3 Å². The molecule has 2 aromatic rings. The molecule has 0 spiro atoms. The molecule has 0 aliphatic carbocycles. The lowest BCUT2D eigenvalue weighted by atomic mass is 9.97. The van der Waals surface area contributed by atoms with Crippen LogP contribution >= 0.6 is 11.6 Å². The molecule has 1 unspecified atom stereocenters. The van der Waals surface area contributed by atoms with Gasteiger partial charge in [-0.15, -0.1) is 0 Å². The van der Waals surface area contributed by atoms with Crippen molar-refractivity contribution in [2.45, 2.75) is 19.4 Å². The van der Waals surface area contributed by atoms with Crippen molar-refractivity contribution < 1.29 is 9.13 Å². The Kier molecular flexibility index (Phi) is 5.17. The fourth-order valence-electron chi connectivity index (χ4n) is 2.28. The molecule has 0 radical (unpaired) electrons. The Hall–Kier alpha value is -1.62. The molecular weight excluding hydrogens is 291 g/mol. The Morgan fingerprint density at radius 3 is 2.71 bits per heavy atom. The first kappa shape index (κ1) is 15.8. The second kappa shape index (κ2) is 6.89. The minimum absolute atomic E-state index is 0.222. The Bertz CT molecular complexity index is 634. The SMILES string of the molecule is COc1cc(C)ccc1C(Cc1cc(F)ccc1Cl)NN. The molecular formula is C16H18ClFN2O. The van der Waals surface area contributed by atoms with Gasteiger partial charge in [-0.25, -0.2) is 4.39 Å². The highest BCUT2D eigenvalue weighted by molar-refractivity contribution is 6.31. The Morgan fingerprint density at radius 1 is 1.29 bits per heavy atom. The number of benzene rings is 2. The number of rotatable bonds is 5. The maximum absolute atomic E-state index is 13.4. The zero-order valence-corrected chi connectivity index (χ0v) is 12.7. The lowest BCUT2D eigenvalue weighted by Gasteiger charge is -2.20. The molecule has 112 valence electrons. The van der Waals surface area contributed by atoms with Gasteiger partial charge in [0.1, 0.15) is 11.6 Å². The lowest BCUT2D eigenvalue weighted by Crippen LogP contribution is -2.30. The van der Waals surface area contributed by atoms with Crippen molar-refractivity contribution in [1.29, 1.82) is 0 Å². The van der Waals surface area contributed by atoms with Gasteiger partial charge in [0.15, 0.2) is 0 Å². The minimum atomic E-state index is -0.318. The van der Waals surface area contributed by atoms with Crippen LogP contribution in [-0.4, -0.2) is 7.11 Å². The number of halogens is 2. The van der Waals surface area contributed by atoms with Crippen LogP contribution in [0.15, 0.2) is 36.4 Å². The van der Waals surface area contributed by atoms with Crippen molar-refractivity contribution >= 4 is 11.6 Å². The molecule has 0 aliphatic rings. The van der Waals surface area contributed by atoms with Crippen LogP contribution in [-0.2, 0) is 6.42 Å². The predicted octanol–water partition coefficient (Wildman–Crippen LogP) is 3.54. The maximum atomic E-state index is 13.4. The van der Waals surface area contributed by atoms with E-state index in [1.165, 1.54) is 12.1 Å². The molecule has 3 nitrogen and oxygen atoms in total. The van der Waals surface area contributed by atoms with Gasteiger partial charge in [-0.05, 0) is 48.7 Å². The third-order valence-corrected chi connectivity index (χ3v) is 3.77. The van der Waals surface area contributed by atoms with Gasteiger partial charge in [0.05, 0.1) is 13.2 Å². The molecule has 0 saturated heterocycles. The molecule has 0 aliphatic heterocycles. The van der Waals surface area contributed by atoms with Gasteiger partial charge in [0.25, 0.3) is 0 Å². The van der Waals surface area contributed by atoms with Crippen LogP contribution in [0.25, 0.3) is 0 Å². The van der Waals surface area contributed by atoms with E-state index < -0.39 is 0 Å². The molecule has 0 saturated carbocycles. The van der Waals surface area contributed by atoms with Gasteiger partial charge in [-0.3, -0.25) is 11.3 Å². The first-order valence-corrected chi connectivity index (χ1v) is 6.97. The molecule has 0 fully saturated rings. The molecule has 2 rings (SSSR count). The molecule has 21 heavy (non-hydrogen) atoms. The van der Waals surface area contributed by atoms with Crippen LogP contribution in [0.2, 0.25) is 5.02 Å². The number of hydrazine groups is 1. The van der Waals surface area contributed by atoms with E-state index in [1.54, 1.807) is 13.2 Å². The number of aryl methyl sites for hydroxylation is 1. The van der Waals surface area contributed by atoms with Crippen molar-refractivity contribution in [1.82, 2.24) is 5.43 Å². The van der Waals surface area contributed by atoms with Crippen LogP contribution in [0.5, 0.6) is 5.75 Å². The van der Waals surface area contributed by atoms with E-state index in [0.29, 0.717) is 17.0 Å². The summed E-state index contributed by atoms with van der Waals surface area (Å²) in [6.45, 7) is 1.99. The Morgan fingerprint density at radius 2 is 2.05 bits per heavy atom. The molecule has 0 aromatic heterocycles. The van der Waals surface area contributed by atoms with E-state index in [1.807, 2.05) is 25.1 Å². The summed E-state index contributed by atoms with van der Waals surface area (Å²) in [6.07, 6.45) is 0.465. The summed E-state index contributed by atoms with van der Waals surface area (Å²) in [5.74, 6) is 6.08. The number of nitrogens with one attached hydrogen (secondary N) is 1. The average molecular weight is 309 g/mol. The van der Waals surface area contributed by atoms with Crippen molar-refractivity contribution in [2.24, 2.45) is 5.84 Å². The summed E-state index contributed by atoms with van der Waals surface area (Å²) in [6, 6.07) is 9.96. The van der Waals surface area contributed by atoms with E-state index in [9.17, 15) is 4.39 Å². The van der Waals surface area contributed by atoms with Crippen molar-refractivity contribution in [3.05, 3.63) is 63.9 Å². The normalized spacial score (nSPS) is 12.2. The van der Waals surface area contributed by atoms with Gasteiger partial charge < -0.3 is 4.74 Å². The van der Waals surface area contributed by atoms with Crippen LogP contribution in [0.3, 0.4) is 0 Å². The van der Waals surface area contributed by atoms with Gasteiger partial charge in [-0.1, -0.05) is 23.7 Å². The van der Waals surface area contributed by atoms with E-state index in [-0.39, 0.29) is 11.9 Å². The standard InChI is InChI=1S/C16H18ClFN2O/c1-10-3-5-13(16(7-10)21-2)15(20-19)9-11-8-12(18)4-6-14(11)17/h3-8,15,20H,9,19H2,1-2H3. The first-order chi connectivity index (χ1) is 10.0. The molecule has 3 N–H and O–H groups in total. The zero-order valence-electron chi connectivity index (χ0n) is 12.0. The van der Waals surface area contributed by atoms with E-state index in [4.69, 9.17) is 22.2 Å². The quantitative estimate of drug-likeness (QED) is 0.656. The van der Waals surface area contributed by atoms with Crippen molar-refractivity contribution in [2.75, 3.05) is 7.11 Å². The molecule has 0 bridgehead atoms. The molecule has 0 heterocycles. The van der Waals surface area contributed by atoms with E-state index in [0.717, 1.165) is 16.9 Å². The smallest absolute Gasteiger partial charge is 0.123 e. The summed E-state index contributed by atoms with van der Waals surface area (Å²) in [5.41, 5.74) is 5.44. The Labute approximate surface area is 128 Å². The predicted molar refractivity (Wildman–Crippen MR) is 82.9 cm³/mol. The third kappa shape index (κ3) is 3.73. The van der Waals surface area contributed by atoms with Gasteiger partial charge in [0.2, 0.25) is 0 Å². The maximum Gasteiger partial charge on any atom is 0.123 e. The second-order valence-electron chi connectivity index (χ2n) is 4.90. The van der Waals surface area contributed by atoms with Crippen molar-refractivity contribution in [3.63, 3.8) is 0 Å². The second-order valence-corrected chi connectivity index (χ2v) is 5.31. The summed E-state index contributed by atoms with van der Waals surface area (Å²) in [4.78, 5) is 0. The van der Waals surface area contributed by atoms with Crippen LogP contribution in [0, 0.1) is 12.7 Å². The monoisotopic (exact) mass is 308 g/mol. The van der Waals surface area contributed by atoms with Crippen LogP contribution in [0.4, 0.5) is 4.39 Å². The third-order valence-electron chi connectivity index (χ3n) is 3.40. The Balaban J connectivity index is 2.34. The van der Waals surface area contributed by atoms with Crippen LogP contribution < -0.4 is 16.0 Å². The molecule has 2 aromatic carbocycles. The number of hydrogen-bond acceptors (Lipinski definition) is 3. The van der Waals surface area contributed by atoms with Gasteiger partial charge >= 0.3 is 0 Å². The van der Waals surface area contributed by atoms with Gasteiger partial charge in [0, 0.05) is 10.6 Å². The summed E-state index contributed by atoms with van der Waals surface area (Å²) >= 11 is 6.12. The largest absolute Gasteiger partial charge is 0.496 e. The fraction of sp³-hybridized carbons (Fsp3) is 0.250. The van der Waals surface area contributed by atoms with E-state index >= 15 is 0 Å². The summed E-state index contributed by atoms with van der Waals surface area (Å²) in [5, 5.41) is 0.516. The highest BCUT2D eigenvalue weighted by Gasteiger charge is 2.17. The fourth-order valence-corrected chi connectivity index (χ4v) is 2.48. The number of ether oxygens (including phenoxy) is 1. The molecule has 0 amide bonds. The van der Waals surface area contributed by atoms with Crippen molar-refractivity contribution in [3.8, 4) is 5.75 Å².